The van der Waals surface area contributed by atoms with Crippen molar-refractivity contribution in [1.82, 2.24) is 0 Å². The van der Waals surface area contributed by atoms with Crippen molar-refractivity contribution in [3.05, 3.63) is 0 Å². The lowest BCUT2D eigenvalue weighted by atomic mass is 9.86. The van der Waals surface area contributed by atoms with Crippen LogP contribution in [-0.4, -0.2) is 67.7 Å². The fourth-order valence-corrected chi connectivity index (χ4v) is 1.09. The Bertz CT molecular complexity index is 266. The second-order valence-corrected chi connectivity index (χ2v) is 3.37. The number of primary amides is 1. The van der Waals surface area contributed by atoms with E-state index in [-0.39, 0.29) is 0 Å². The van der Waals surface area contributed by atoms with Crippen molar-refractivity contribution in [2.75, 3.05) is 6.61 Å². The monoisotopic (exact) mass is 237 g/mol. The predicted molar refractivity (Wildman–Crippen MR) is 49.9 cm³/mol. The molecule has 0 aromatic heterocycles. The number of aliphatic hydroxyl groups excluding tert-OH is 4. The largest absolute Gasteiger partial charge is 0.394 e. The highest BCUT2D eigenvalue weighted by Gasteiger charge is 2.51. The summed E-state index contributed by atoms with van der Waals surface area (Å²) >= 11 is 0. The minimum atomic E-state index is -3.00. The van der Waals surface area contributed by atoms with E-state index in [1.165, 1.54) is 0 Å². The summed E-state index contributed by atoms with van der Waals surface area (Å²) in [6, 6.07) is 0. The van der Waals surface area contributed by atoms with Crippen LogP contribution in [0.4, 0.5) is 0 Å². The number of nitrogens with two attached hydrogens (primary N) is 1. The van der Waals surface area contributed by atoms with Gasteiger partial charge in [0.05, 0.1) is 6.61 Å². The molecule has 0 unspecified atom stereocenters. The molecule has 0 bridgehead atoms. The second kappa shape index (κ2) is 5.32. The fourth-order valence-electron chi connectivity index (χ4n) is 1.09. The zero-order valence-corrected chi connectivity index (χ0v) is 8.57. The average Bonchev–Trinajstić information content (AvgIpc) is 2.23. The zero-order valence-electron chi connectivity index (χ0n) is 8.57. The molecule has 0 aromatic rings. The van der Waals surface area contributed by atoms with Gasteiger partial charge >= 0.3 is 0 Å². The zero-order chi connectivity index (χ0) is 13.1. The molecule has 0 saturated heterocycles. The maximum Gasteiger partial charge on any atom is 0.260 e. The Morgan fingerprint density at radius 3 is 2.00 bits per heavy atom. The summed E-state index contributed by atoms with van der Waals surface area (Å²) in [5.74, 6) is -2.74. The van der Waals surface area contributed by atoms with Gasteiger partial charge in [0.15, 0.2) is 5.78 Å². The summed E-state index contributed by atoms with van der Waals surface area (Å²) in [6.07, 6.45) is -6.24. The molecule has 94 valence electrons. The standard InChI is InChI=1S/C8H15NO7/c1-3(11)8(16,7(9)15)6(14)5(13)4(12)2-10/h4-6,10,12-14,16H,2H2,1H3,(H2,9,15)/t4-,5-,6+,8+/m1/s1. The highest BCUT2D eigenvalue weighted by Crippen LogP contribution is 2.17. The molecular weight excluding hydrogens is 222 g/mol. The lowest BCUT2D eigenvalue weighted by Crippen LogP contribution is -2.63. The minimum Gasteiger partial charge on any atom is -0.394 e. The number of ketones is 1. The molecule has 1 amide bonds. The number of hydrogen-bond donors (Lipinski definition) is 6. The first-order chi connectivity index (χ1) is 7.19. The van der Waals surface area contributed by atoms with Crippen LogP contribution >= 0.6 is 0 Å². The van der Waals surface area contributed by atoms with Crippen LogP contribution in [0.3, 0.4) is 0 Å². The molecule has 0 rings (SSSR count). The van der Waals surface area contributed by atoms with Gasteiger partial charge in [-0.05, 0) is 6.92 Å². The van der Waals surface area contributed by atoms with Crippen molar-refractivity contribution in [3.63, 3.8) is 0 Å². The normalized spacial score (nSPS) is 20.6. The summed E-state index contributed by atoms with van der Waals surface area (Å²) in [4.78, 5) is 21.9. The van der Waals surface area contributed by atoms with Gasteiger partial charge in [-0.15, -0.1) is 0 Å². The molecule has 16 heavy (non-hydrogen) atoms. The van der Waals surface area contributed by atoms with Gasteiger partial charge in [-0.3, -0.25) is 9.59 Å². The Hall–Kier alpha value is -1.06. The van der Waals surface area contributed by atoms with Crippen LogP contribution < -0.4 is 5.73 Å². The van der Waals surface area contributed by atoms with Gasteiger partial charge in [0.1, 0.15) is 18.3 Å². The van der Waals surface area contributed by atoms with Gasteiger partial charge in [-0.1, -0.05) is 0 Å². The topological polar surface area (TPSA) is 161 Å². The van der Waals surface area contributed by atoms with Crippen molar-refractivity contribution in [2.45, 2.75) is 30.8 Å². The Balaban J connectivity index is 5.11. The van der Waals surface area contributed by atoms with E-state index in [2.05, 4.69) is 0 Å². The molecule has 0 aliphatic rings. The molecular formula is C8H15NO7. The van der Waals surface area contributed by atoms with Crippen molar-refractivity contribution in [1.29, 1.82) is 0 Å². The molecule has 0 heterocycles. The van der Waals surface area contributed by atoms with Crippen molar-refractivity contribution in [2.24, 2.45) is 5.73 Å². The smallest absolute Gasteiger partial charge is 0.260 e. The van der Waals surface area contributed by atoms with E-state index in [9.17, 15) is 24.9 Å². The van der Waals surface area contributed by atoms with Gasteiger partial charge < -0.3 is 31.3 Å². The van der Waals surface area contributed by atoms with E-state index in [0.717, 1.165) is 6.92 Å². The number of Topliss-reactive ketones (excluding diaryl/α,β-unsaturated/α-hetero) is 1. The van der Waals surface area contributed by atoms with Crippen molar-refractivity contribution < 1.29 is 35.1 Å². The number of rotatable bonds is 6. The van der Waals surface area contributed by atoms with Gasteiger partial charge in [0, 0.05) is 0 Å². The fraction of sp³-hybridized carbons (Fsp3) is 0.750. The number of carbonyl (C=O) groups is 2. The van der Waals surface area contributed by atoms with Crippen LogP contribution in [0.2, 0.25) is 0 Å². The molecule has 0 radical (unpaired) electrons. The van der Waals surface area contributed by atoms with Gasteiger partial charge in [0.25, 0.3) is 5.91 Å². The quantitative estimate of drug-likeness (QED) is 0.255. The second-order valence-electron chi connectivity index (χ2n) is 3.37. The van der Waals surface area contributed by atoms with Crippen LogP contribution in [0.5, 0.6) is 0 Å². The van der Waals surface area contributed by atoms with E-state index in [0.29, 0.717) is 0 Å². The molecule has 0 spiro atoms. The maximum atomic E-state index is 11.0. The van der Waals surface area contributed by atoms with E-state index >= 15 is 0 Å². The summed E-state index contributed by atoms with van der Waals surface area (Å²) in [6.45, 7) is -0.142. The van der Waals surface area contributed by atoms with Crippen molar-refractivity contribution >= 4 is 11.7 Å². The Morgan fingerprint density at radius 2 is 1.75 bits per heavy atom. The Kier molecular flexibility index (Phi) is 4.97. The third kappa shape index (κ3) is 2.54. The number of carbonyl (C=O) groups excluding carboxylic acids is 2. The summed E-state index contributed by atoms with van der Waals surface area (Å²) < 4.78 is 0. The highest BCUT2D eigenvalue weighted by molar-refractivity contribution is 6.08. The number of hydrogen-bond acceptors (Lipinski definition) is 7. The van der Waals surface area contributed by atoms with Gasteiger partial charge in [0.2, 0.25) is 5.60 Å². The predicted octanol–water partition coefficient (Wildman–Crippen LogP) is -4.13. The van der Waals surface area contributed by atoms with E-state index in [1.54, 1.807) is 0 Å². The summed E-state index contributed by atoms with van der Waals surface area (Å²) in [5, 5.41) is 45.6. The Morgan fingerprint density at radius 1 is 1.31 bits per heavy atom. The van der Waals surface area contributed by atoms with Gasteiger partial charge in [-0.25, -0.2) is 0 Å². The van der Waals surface area contributed by atoms with E-state index in [4.69, 9.17) is 15.9 Å². The SMILES string of the molecule is CC(=O)[C@@](O)(C(N)=O)[C@@H](O)[C@H](O)[C@H](O)CO. The molecule has 0 aliphatic carbocycles. The first-order valence-electron chi connectivity index (χ1n) is 4.37. The maximum absolute atomic E-state index is 11.0. The number of aliphatic hydroxyl groups is 5. The third-order valence-corrected chi connectivity index (χ3v) is 2.25. The molecule has 4 atom stereocenters. The van der Waals surface area contributed by atoms with Crippen LogP contribution in [0.1, 0.15) is 6.92 Å². The molecule has 8 heteroatoms. The average molecular weight is 237 g/mol. The van der Waals surface area contributed by atoms with Crippen LogP contribution in [0, 0.1) is 0 Å². The van der Waals surface area contributed by atoms with Gasteiger partial charge in [-0.2, -0.15) is 0 Å². The Labute approximate surface area is 90.9 Å². The summed E-state index contributed by atoms with van der Waals surface area (Å²) in [7, 11) is 0. The molecule has 0 fully saturated rings. The van der Waals surface area contributed by atoms with E-state index in [1.807, 2.05) is 0 Å². The molecule has 0 aromatic carbocycles. The minimum absolute atomic E-state index is 0.784. The highest BCUT2D eigenvalue weighted by atomic mass is 16.4. The molecule has 0 aliphatic heterocycles. The van der Waals surface area contributed by atoms with Crippen LogP contribution in [0.25, 0.3) is 0 Å². The third-order valence-electron chi connectivity index (χ3n) is 2.25. The van der Waals surface area contributed by atoms with Crippen LogP contribution in [0.15, 0.2) is 0 Å². The molecule has 0 saturated carbocycles. The number of amides is 1. The first-order valence-corrected chi connectivity index (χ1v) is 4.37. The van der Waals surface area contributed by atoms with Crippen LogP contribution in [-0.2, 0) is 9.59 Å². The molecule has 7 N–H and O–H groups in total. The summed E-state index contributed by atoms with van der Waals surface area (Å²) in [5.41, 5.74) is 1.72. The first kappa shape index (κ1) is 14.9. The lowest BCUT2D eigenvalue weighted by Gasteiger charge is -2.31. The van der Waals surface area contributed by atoms with Crippen molar-refractivity contribution in [3.8, 4) is 0 Å². The lowest BCUT2D eigenvalue weighted by molar-refractivity contribution is -0.179. The van der Waals surface area contributed by atoms with E-state index < -0.39 is 42.2 Å². The molecule has 8 nitrogen and oxygen atoms in total.